The van der Waals surface area contributed by atoms with Crippen LogP contribution in [0, 0.1) is 5.82 Å². The van der Waals surface area contributed by atoms with Crippen molar-refractivity contribution in [2.45, 2.75) is 38.0 Å². The highest BCUT2D eigenvalue weighted by Gasteiger charge is 2.33. The first-order chi connectivity index (χ1) is 9.10. The first-order valence-electron chi connectivity index (χ1n) is 6.56. The predicted octanol–water partition coefficient (Wildman–Crippen LogP) is 2.55. The third kappa shape index (κ3) is 2.03. The van der Waals surface area contributed by atoms with E-state index >= 15 is 0 Å². The van der Waals surface area contributed by atoms with E-state index in [1.165, 1.54) is 12.1 Å². The quantitative estimate of drug-likeness (QED) is 0.925. The summed E-state index contributed by atoms with van der Waals surface area (Å²) in [4.78, 5) is 4.54. The molecule has 1 atom stereocenters. The van der Waals surface area contributed by atoms with Gasteiger partial charge in [-0.05, 0) is 38.0 Å². The van der Waals surface area contributed by atoms with E-state index in [2.05, 4.69) is 9.55 Å². The number of aromatic nitrogens is 2. The second kappa shape index (κ2) is 4.58. The van der Waals surface area contributed by atoms with Gasteiger partial charge in [-0.25, -0.2) is 9.37 Å². The summed E-state index contributed by atoms with van der Waals surface area (Å²) in [5.74, 6) is 0.577. The molecule has 0 unspecified atom stereocenters. The van der Waals surface area contributed by atoms with Crippen molar-refractivity contribution in [2.24, 2.45) is 5.73 Å². The van der Waals surface area contributed by atoms with Crippen LogP contribution in [0.25, 0.3) is 11.0 Å². The van der Waals surface area contributed by atoms with Crippen LogP contribution in [0.15, 0.2) is 18.2 Å². The molecule has 1 saturated carbocycles. The van der Waals surface area contributed by atoms with E-state index in [-0.39, 0.29) is 18.0 Å². The highest BCUT2D eigenvalue weighted by Crippen LogP contribution is 2.38. The largest absolute Gasteiger partial charge is 0.381 e. The van der Waals surface area contributed by atoms with Crippen molar-refractivity contribution in [1.29, 1.82) is 0 Å². The highest BCUT2D eigenvalue weighted by molar-refractivity contribution is 5.76. The Morgan fingerprint density at radius 2 is 2.21 bits per heavy atom. The van der Waals surface area contributed by atoms with Crippen LogP contribution in [0.5, 0.6) is 0 Å². The Balaban J connectivity index is 2.09. The number of nitrogens with two attached hydrogens (primary N) is 1. The highest BCUT2D eigenvalue weighted by atomic mass is 19.1. The first kappa shape index (κ1) is 12.6. The molecule has 2 aromatic rings. The van der Waals surface area contributed by atoms with Gasteiger partial charge >= 0.3 is 0 Å². The molecule has 5 heteroatoms. The molecular weight excluding hydrogens is 245 g/mol. The SMILES string of the molecule is COC1CC(n2c([C@H](C)N)nc3ccc(F)cc32)C1. The summed E-state index contributed by atoms with van der Waals surface area (Å²) in [5, 5.41) is 0. The van der Waals surface area contributed by atoms with Gasteiger partial charge in [-0.1, -0.05) is 0 Å². The standard InChI is InChI=1S/C14H18FN3O/c1-8(16)14-17-12-4-3-9(15)5-13(12)18(14)10-6-11(7-10)19-2/h3-5,8,10-11H,6-7,16H2,1-2H3/t8-,10?,11?/m0/s1. The molecule has 0 saturated heterocycles. The number of ether oxygens (including phenoxy) is 1. The van der Waals surface area contributed by atoms with E-state index in [0.29, 0.717) is 6.04 Å². The molecule has 0 bridgehead atoms. The second-order valence-corrected chi connectivity index (χ2v) is 5.24. The summed E-state index contributed by atoms with van der Waals surface area (Å²) < 4.78 is 20.9. The molecule has 4 nitrogen and oxygen atoms in total. The van der Waals surface area contributed by atoms with Crippen molar-refractivity contribution in [3.8, 4) is 0 Å². The average Bonchev–Trinajstić information content (AvgIpc) is 2.67. The Hall–Kier alpha value is -1.46. The summed E-state index contributed by atoms with van der Waals surface area (Å²) >= 11 is 0. The van der Waals surface area contributed by atoms with E-state index in [0.717, 1.165) is 29.7 Å². The number of methoxy groups -OCH3 is 1. The number of nitrogens with zero attached hydrogens (tertiary/aromatic N) is 2. The van der Waals surface area contributed by atoms with Gasteiger partial charge in [0.15, 0.2) is 0 Å². The summed E-state index contributed by atoms with van der Waals surface area (Å²) in [7, 11) is 1.72. The van der Waals surface area contributed by atoms with Crippen molar-refractivity contribution in [1.82, 2.24) is 9.55 Å². The smallest absolute Gasteiger partial charge is 0.126 e. The number of benzene rings is 1. The molecule has 1 aliphatic rings. The maximum absolute atomic E-state index is 13.5. The third-order valence-electron chi connectivity index (χ3n) is 3.85. The van der Waals surface area contributed by atoms with Gasteiger partial charge in [0, 0.05) is 13.2 Å². The van der Waals surface area contributed by atoms with E-state index in [1.54, 1.807) is 13.2 Å². The maximum atomic E-state index is 13.5. The molecule has 1 aliphatic carbocycles. The lowest BCUT2D eigenvalue weighted by molar-refractivity contribution is 0.00636. The zero-order chi connectivity index (χ0) is 13.6. The molecule has 0 amide bonds. The normalized spacial score (nSPS) is 24.4. The molecule has 1 aromatic carbocycles. The molecule has 0 radical (unpaired) electrons. The Kier molecular flexibility index (Phi) is 3.03. The Morgan fingerprint density at radius 3 is 2.84 bits per heavy atom. The van der Waals surface area contributed by atoms with Crippen molar-refractivity contribution in [2.75, 3.05) is 7.11 Å². The van der Waals surface area contributed by atoms with Gasteiger partial charge in [-0.2, -0.15) is 0 Å². The zero-order valence-corrected chi connectivity index (χ0v) is 11.1. The Morgan fingerprint density at radius 1 is 1.47 bits per heavy atom. The molecule has 1 heterocycles. The molecule has 102 valence electrons. The minimum absolute atomic E-state index is 0.169. The van der Waals surface area contributed by atoms with E-state index in [9.17, 15) is 4.39 Å². The van der Waals surface area contributed by atoms with E-state index in [1.807, 2.05) is 6.92 Å². The van der Waals surface area contributed by atoms with Crippen molar-refractivity contribution in [3.63, 3.8) is 0 Å². The van der Waals surface area contributed by atoms with E-state index < -0.39 is 0 Å². The third-order valence-corrected chi connectivity index (χ3v) is 3.85. The summed E-state index contributed by atoms with van der Waals surface area (Å²) in [6.45, 7) is 1.90. The molecule has 1 aromatic heterocycles. The minimum atomic E-state index is -0.243. The van der Waals surface area contributed by atoms with Crippen LogP contribution >= 0.6 is 0 Å². The zero-order valence-electron chi connectivity index (χ0n) is 11.1. The number of halogens is 1. The lowest BCUT2D eigenvalue weighted by Gasteiger charge is -2.36. The van der Waals surface area contributed by atoms with Crippen LogP contribution < -0.4 is 5.73 Å². The fourth-order valence-corrected chi connectivity index (χ4v) is 2.73. The second-order valence-electron chi connectivity index (χ2n) is 5.24. The number of hydrogen-bond donors (Lipinski definition) is 1. The number of fused-ring (bicyclic) bond motifs is 1. The average molecular weight is 263 g/mol. The summed E-state index contributed by atoms with van der Waals surface area (Å²) in [5.41, 5.74) is 7.62. The number of rotatable bonds is 3. The van der Waals surface area contributed by atoms with Crippen LogP contribution in [0.2, 0.25) is 0 Å². The van der Waals surface area contributed by atoms with Crippen molar-refractivity contribution in [3.05, 3.63) is 29.8 Å². The fraction of sp³-hybridized carbons (Fsp3) is 0.500. The van der Waals surface area contributed by atoms with Gasteiger partial charge in [0.05, 0.1) is 23.2 Å². The van der Waals surface area contributed by atoms with Crippen molar-refractivity contribution >= 4 is 11.0 Å². The maximum Gasteiger partial charge on any atom is 0.126 e. The molecule has 19 heavy (non-hydrogen) atoms. The Bertz CT molecular complexity index is 602. The molecule has 1 fully saturated rings. The van der Waals surface area contributed by atoms with Crippen molar-refractivity contribution < 1.29 is 9.13 Å². The monoisotopic (exact) mass is 263 g/mol. The van der Waals surface area contributed by atoms with Gasteiger partial charge in [0.25, 0.3) is 0 Å². The molecular formula is C14H18FN3O. The lowest BCUT2D eigenvalue weighted by atomic mass is 9.88. The molecule has 3 rings (SSSR count). The fourth-order valence-electron chi connectivity index (χ4n) is 2.73. The minimum Gasteiger partial charge on any atom is -0.381 e. The van der Waals surface area contributed by atoms with Gasteiger partial charge < -0.3 is 15.0 Å². The predicted molar refractivity (Wildman–Crippen MR) is 71.4 cm³/mol. The van der Waals surface area contributed by atoms with Crippen LogP contribution in [-0.2, 0) is 4.74 Å². The topological polar surface area (TPSA) is 53.1 Å². The number of hydrogen-bond acceptors (Lipinski definition) is 3. The van der Waals surface area contributed by atoms with Crippen LogP contribution in [0.3, 0.4) is 0 Å². The first-order valence-corrected chi connectivity index (χ1v) is 6.56. The van der Waals surface area contributed by atoms with Crippen LogP contribution in [0.4, 0.5) is 4.39 Å². The summed E-state index contributed by atoms with van der Waals surface area (Å²) in [6, 6.07) is 4.81. The van der Waals surface area contributed by atoms with Gasteiger partial charge in [0.2, 0.25) is 0 Å². The van der Waals surface area contributed by atoms with Gasteiger partial charge in [-0.15, -0.1) is 0 Å². The lowest BCUT2D eigenvalue weighted by Crippen LogP contribution is -2.34. The van der Waals surface area contributed by atoms with Crippen LogP contribution in [-0.4, -0.2) is 22.8 Å². The molecule has 0 aliphatic heterocycles. The van der Waals surface area contributed by atoms with Gasteiger partial charge in [-0.3, -0.25) is 0 Å². The summed E-state index contributed by atoms with van der Waals surface area (Å²) in [6.07, 6.45) is 2.15. The van der Waals surface area contributed by atoms with Crippen LogP contribution in [0.1, 0.15) is 37.7 Å². The van der Waals surface area contributed by atoms with Gasteiger partial charge in [0.1, 0.15) is 11.6 Å². The van der Waals surface area contributed by atoms with E-state index in [4.69, 9.17) is 10.5 Å². The molecule has 2 N–H and O–H groups in total. The molecule has 0 spiro atoms. The number of imidazole rings is 1. The Labute approximate surface area is 111 Å².